The van der Waals surface area contributed by atoms with Gasteiger partial charge in [0.15, 0.2) is 0 Å². The van der Waals surface area contributed by atoms with Crippen LogP contribution in [0.25, 0.3) is 0 Å². The Labute approximate surface area is 108 Å². The van der Waals surface area contributed by atoms with Gasteiger partial charge in [0.1, 0.15) is 15.9 Å². The van der Waals surface area contributed by atoms with Crippen LogP contribution in [-0.2, 0) is 19.4 Å². The highest BCUT2D eigenvalue weighted by Crippen LogP contribution is 2.10. The molecule has 0 heterocycles. The van der Waals surface area contributed by atoms with E-state index >= 15 is 0 Å². The Morgan fingerprint density at radius 3 is 2.06 bits per heavy atom. The van der Waals surface area contributed by atoms with Crippen molar-refractivity contribution in [1.82, 2.24) is 5.32 Å². The number of rotatable bonds is 7. The molecule has 0 bridgehead atoms. The van der Waals surface area contributed by atoms with Crippen molar-refractivity contribution < 1.29 is 23.1 Å². The fraction of sp³-hybridized carbons (Fsp3) is 0.818. The Balaban J connectivity index is 4.55. The number of carboxylic acids is 1. The quantitative estimate of drug-likeness (QED) is 0.697. The van der Waals surface area contributed by atoms with E-state index in [9.17, 15) is 18.0 Å². The number of nitrogens with one attached hydrogen (secondary N) is 1. The van der Waals surface area contributed by atoms with Crippen molar-refractivity contribution >= 4 is 21.7 Å². The van der Waals surface area contributed by atoms with Crippen molar-refractivity contribution in [2.75, 3.05) is 12.0 Å². The second kappa shape index (κ2) is 6.72. The van der Waals surface area contributed by atoms with Crippen LogP contribution in [0.2, 0.25) is 0 Å². The second-order valence-electron chi connectivity index (χ2n) is 4.85. The molecule has 18 heavy (non-hydrogen) atoms. The summed E-state index contributed by atoms with van der Waals surface area (Å²) in [5.41, 5.74) is 0. The first kappa shape index (κ1) is 16.9. The van der Waals surface area contributed by atoms with E-state index in [1.54, 1.807) is 6.92 Å². The zero-order valence-electron chi connectivity index (χ0n) is 11.1. The lowest BCUT2D eigenvalue weighted by molar-refractivity contribution is -0.142. The molecule has 0 radical (unpaired) electrons. The summed E-state index contributed by atoms with van der Waals surface area (Å²) in [5, 5.41) is 11.3. The van der Waals surface area contributed by atoms with Crippen LogP contribution in [0.5, 0.6) is 0 Å². The largest absolute Gasteiger partial charge is 0.480 e. The molecule has 0 aliphatic carbocycles. The topological polar surface area (TPSA) is 101 Å². The summed E-state index contributed by atoms with van der Waals surface area (Å²) in [6.45, 7) is 5.42. The minimum atomic E-state index is -3.24. The molecule has 2 atom stereocenters. The summed E-state index contributed by atoms with van der Waals surface area (Å²) in [5.74, 6) is -2.08. The van der Waals surface area contributed by atoms with Gasteiger partial charge < -0.3 is 10.4 Å². The molecule has 0 rings (SSSR count). The Morgan fingerprint density at radius 1 is 1.22 bits per heavy atom. The predicted octanol–water partition coefficient (Wildman–Crippen LogP) is 0.283. The molecule has 0 aliphatic heterocycles. The lowest BCUT2D eigenvalue weighted by atomic mass is 9.97. The third kappa shape index (κ3) is 6.58. The van der Waals surface area contributed by atoms with Crippen molar-refractivity contribution in [2.24, 2.45) is 11.8 Å². The van der Waals surface area contributed by atoms with Crippen LogP contribution in [0.1, 0.15) is 27.2 Å². The zero-order chi connectivity index (χ0) is 14.5. The number of amides is 1. The number of sulfone groups is 1. The van der Waals surface area contributed by atoms with Crippen LogP contribution >= 0.6 is 0 Å². The zero-order valence-corrected chi connectivity index (χ0v) is 12.0. The number of carboxylic acid groups (broad SMARTS) is 1. The fourth-order valence-electron chi connectivity index (χ4n) is 1.20. The van der Waals surface area contributed by atoms with Crippen LogP contribution in [0.15, 0.2) is 0 Å². The van der Waals surface area contributed by atoms with Gasteiger partial charge in [0.05, 0.1) is 5.75 Å². The molecule has 0 aromatic carbocycles. The van der Waals surface area contributed by atoms with E-state index in [0.29, 0.717) is 0 Å². The summed E-state index contributed by atoms with van der Waals surface area (Å²) in [6.07, 6.45) is 0.912. The summed E-state index contributed by atoms with van der Waals surface area (Å²) in [4.78, 5) is 22.6. The molecule has 106 valence electrons. The number of carbonyl (C=O) groups excluding carboxylic acids is 1. The van der Waals surface area contributed by atoms with Crippen LogP contribution in [0.4, 0.5) is 0 Å². The van der Waals surface area contributed by atoms with Gasteiger partial charge in [-0.3, -0.25) is 4.79 Å². The van der Waals surface area contributed by atoms with E-state index in [2.05, 4.69) is 5.32 Å². The molecule has 0 saturated heterocycles. The van der Waals surface area contributed by atoms with Gasteiger partial charge in [0.2, 0.25) is 5.91 Å². The van der Waals surface area contributed by atoms with Crippen molar-refractivity contribution in [3.8, 4) is 0 Å². The minimum absolute atomic E-state index is 0.0920. The molecule has 1 amide bonds. The van der Waals surface area contributed by atoms with Gasteiger partial charge in [0.25, 0.3) is 0 Å². The first-order valence-electron chi connectivity index (χ1n) is 5.75. The van der Waals surface area contributed by atoms with Gasteiger partial charge in [0, 0.05) is 12.2 Å². The summed E-state index contributed by atoms with van der Waals surface area (Å²) >= 11 is 0. The maximum absolute atomic E-state index is 11.7. The molecule has 2 N–H and O–H groups in total. The molecule has 2 unspecified atom stereocenters. The molecule has 0 spiro atoms. The van der Waals surface area contributed by atoms with E-state index in [1.165, 1.54) is 0 Å². The maximum atomic E-state index is 11.7. The predicted molar refractivity (Wildman–Crippen MR) is 67.9 cm³/mol. The summed E-state index contributed by atoms with van der Waals surface area (Å²) < 4.78 is 22.0. The normalized spacial score (nSPS) is 15.2. The van der Waals surface area contributed by atoms with E-state index in [4.69, 9.17) is 5.11 Å². The highest BCUT2D eigenvalue weighted by molar-refractivity contribution is 7.90. The third-order valence-electron chi connectivity index (χ3n) is 2.81. The lowest BCUT2D eigenvalue weighted by Crippen LogP contribution is -2.44. The van der Waals surface area contributed by atoms with E-state index in [0.717, 1.165) is 6.26 Å². The van der Waals surface area contributed by atoms with E-state index in [1.807, 2.05) is 13.8 Å². The van der Waals surface area contributed by atoms with Crippen LogP contribution < -0.4 is 5.32 Å². The summed E-state index contributed by atoms with van der Waals surface area (Å²) in [6, 6.07) is -1.16. The van der Waals surface area contributed by atoms with E-state index in [-0.39, 0.29) is 29.9 Å². The van der Waals surface area contributed by atoms with Gasteiger partial charge in [-0.05, 0) is 12.3 Å². The van der Waals surface area contributed by atoms with E-state index < -0.39 is 21.8 Å². The highest BCUT2D eigenvalue weighted by Gasteiger charge is 2.25. The Bertz CT molecular complexity index is 402. The Morgan fingerprint density at radius 2 is 1.72 bits per heavy atom. The molecule has 0 aliphatic rings. The van der Waals surface area contributed by atoms with Gasteiger partial charge >= 0.3 is 5.97 Å². The van der Waals surface area contributed by atoms with Gasteiger partial charge in [-0.15, -0.1) is 0 Å². The van der Waals surface area contributed by atoms with Crippen molar-refractivity contribution in [1.29, 1.82) is 0 Å². The van der Waals surface area contributed by atoms with Gasteiger partial charge in [-0.1, -0.05) is 20.8 Å². The molecule has 6 nitrogen and oxygen atoms in total. The molecule has 0 saturated carbocycles. The van der Waals surface area contributed by atoms with Crippen molar-refractivity contribution in [3.63, 3.8) is 0 Å². The number of hydrogen-bond acceptors (Lipinski definition) is 4. The Hall–Kier alpha value is -1.11. The van der Waals surface area contributed by atoms with Crippen LogP contribution in [0, 0.1) is 11.8 Å². The van der Waals surface area contributed by atoms with Crippen molar-refractivity contribution in [2.45, 2.75) is 33.2 Å². The van der Waals surface area contributed by atoms with Gasteiger partial charge in [-0.2, -0.15) is 0 Å². The first-order chi connectivity index (χ1) is 8.04. The maximum Gasteiger partial charge on any atom is 0.326 e. The lowest BCUT2D eigenvalue weighted by Gasteiger charge is -2.19. The number of aliphatic carboxylic acids is 1. The third-order valence-corrected chi connectivity index (χ3v) is 3.78. The molecule has 7 heteroatoms. The molecule has 0 fully saturated rings. The second-order valence-corrected chi connectivity index (χ2v) is 7.11. The fourth-order valence-corrected chi connectivity index (χ4v) is 1.86. The SMILES string of the molecule is CC(C)C(C)C(=O)NC(CCS(C)(=O)=O)C(=O)O. The molecular formula is C11H21NO5S. The smallest absolute Gasteiger partial charge is 0.326 e. The average molecular weight is 279 g/mol. The standard InChI is InChI=1S/C11H21NO5S/c1-7(2)8(3)10(13)12-9(11(14)15)5-6-18(4,16)17/h7-9H,5-6H2,1-4H3,(H,12,13)(H,14,15). The minimum Gasteiger partial charge on any atom is -0.480 e. The first-order valence-corrected chi connectivity index (χ1v) is 7.81. The van der Waals surface area contributed by atoms with Crippen LogP contribution in [-0.4, -0.2) is 43.5 Å². The highest BCUT2D eigenvalue weighted by atomic mass is 32.2. The van der Waals surface area contributed by atoms with Crippen molar-refractivity contribution in [3.05, 3.63) is 0 Å². The molecular weight excluding hydrogens is 258 g/mol. The number of hydrogen-bond donors (Lipinski definition) is 2. The Kier molecular flexibility index (Phi) is 6.31. The van der Waals surface area contributed by atoms with Gasteiger partial charge in [-0.25, -0.2) is 13.2 Å². The summed E-state index contributed by atoms with van der Waals surface area (Å²) in [7, 11) is -3.24. The van der Waals surface area contributed by atoms with Crippen LogP contribution in [0.3, 0.4) is 0 Å². The number of carbonyl (C=O) groups is 2. The molecule has 0 aromatic heterocycles. The monoisotopic (exact) mass is 279 g/mol. The average Bonchev–Trinajstić information content (AvgIpc) is 2.20. The molecule has 0 aromatic rings.